The third-order valence-electron chi connectivity index (χ3n) is 2.07. The fourth-order valence-corrected chi connectivity index (χ4v) is 2.54. The van der Waals surface area contributed by atoms with E-state index in [2.05, 4.69) is 4.98 Å². The summed E-state index contributed by atoms with van der Waals surface area (Å²) >= 11 is 5.69. The third-order valence-corrected chi connectivity index (χ3v) is 3.55. The van der Waals surface area contributed by atoms with Gasteiger partial charge in [0.15, 0.2) is 0 Å². The Morgan fingerprint density at radius 2 is 1.89 bits per heavy atom. The van der Waals surface area contributed by atoms with Gasteiger partial charge in [-0.2, -0.15) is 8.42 Å². The van der Waals surface area contributed by atoms with E-state index in [1.165, 1.54) is 24.4 Å². The molecule has 0 aliphatic rings. The second kappa shape index (κ2) is 4.83. The van der Waals surface area contributed by atoms with Crippen molar-refractivity contribution >= 4 is 27.5 Å². The summed E-state index contributed by atoms with van der Waals surface area (Å²) in [5.74, 6) is 0.0345. The number of para-hydroxylation sites is 1. The first kappa shape index (κ1) is 12.7. The second-order valence-corrected chi connectivity index (χ2v) is 5.34. The van der Waals surface area contributed by atoms with E-state index in [0.29, 0.717) is 0 Å². The highest BCUT2D eigenvalue weighted by Crippen LogP contribution is 2.23. The predicted molar refractivity (Wildman–Crippen MR) is 67.9 cm³/mol. The van der Waals surface area contributed by atoms with Gasteiger partial charge in [0, 0.05) is 6.20 Å². The normalized spacial score (nSPS) is 11.2. The molecule has 0 radical (unpaired) electrons. The molecule has 0 bridgehead atoms. The minimum absolute atomic E-state index is 0.157. The number of hydrogen-bond acceptors (Lipinski definition) is 5. The molecule has 0 unspecified atom stereocenters. The minimum Gasteiger partial charge on any atom is -0.383 e. The zero-order chi connectivity index (χ0) is 13.2. The number of nitrogen functional groups attached to an aromatic ring is 1. The molecule has 2 N–H and O–H groups in total. The van der Waals surface area contributed by atoms with E-state index >= 15 is 0 Å². The summed E-state index contributed by atoms with van der Waals surface area (Å²) < 4.78 is 28.9. The van der Waals surface area contributed by atoms with Crippen LogP contribution >= 0.6 is 11.6 Å². The van der Waals surface area contributed by atoms with E-state index < -0.39 is 10.1 Å². The monoisotopic (exact) mass is 284 g/mol. The van der Waals surface area contributed by atoms with Crippen LogP contribution in [0, 0.1) is 0 Å². The van der Waals surface area contributed by atoms with Crippen molar-refractivity contribution in [3.05, 3.63) is 47.6 Å². The lowest BCUT2D eigenvalue weighted by Crippen LogP contribution is -2.12. The van der Waals surface area contributed by atoms with E-state index in [0.717, 1.165) is 0 Å². The summed E-state index contributed by atoms with van der Waals surface area (Å²) in [6.45, 7) is 0. The van der Waals surface area contributed by atoms with E-state index in [4.69, 9.17) is 21.5 Å². The van der Waals surface area contributed by atoms with Crippen LogP contribution in [0.1, 0.15) is 0 Å². The SMILES string of the molecule is Nc1ncc(Cl)cc1S(=O)(=O)Oc1ccccc1. The Labute approximate surface area is 109 Å². The Bertz CT molecular complexity index is 659. The molecule has 0 spiro atoms. The van der Waals surface area contributed by atoms with Gasteiger partial charge in [-0.25, -0.2) is 4.98 Å². The number of nitrogens with zero attached hydrogens (tertiary/aromatic N) is 1. The van der Waals surface area contributed by atoms with Gasteiger partial charge in [-0.15, -0.1) is 0 Å². The van der Waals surface area contributed by atoms with Gasteiger partial charge in [0.1, 0.15) is 16.5 Å². The van der Waals surface area contributed by atoms with Crippen LogP contribution in [0.5, 0.6) is 5.75 Å². The summed E-state index contributed by atoms with van der Waals surface area (Å²) in [7, 11) is -4.04. The fraction of sp³-hybridized carbons (Fsp3) is 0. The predicted octanol–water partition coefficient (Wildman–Crippen LogP) is 2.08. The Balaban J connectivity index is 2.40. The van der Waals surface area contributed by atoms with E-state index in [1.807, 2.05) is 0 Å². The molecule has 2 rings (SSSR count). The molecule has 0 saturated carbocycles. The first-order chi connectivity index (χ1) is 8.49. The van der Waals surface area contributed by atoms with Crippen molar-refractivity contribution in [1.82, 2.24) is 4.98 Å². The average Bonchev–Trinajstić information content (AvgIpc) is 2.33. The van der Waals surface area contributed by atoms with Gasteiger partial charge in [-0.3, -0.25) is 0 Å². The molecule has 5 nitrogen and oxygen atoms in total. The van der Waals surface area contributed by atoms with E-state index in [-0.39, 0.29) is 21.5 Å². The van der Waals surface area contributed by atoms with Crippen LogP contribution in [0.4, 0.5) is 5.82 Å². The van der Waals surface area contributed by atoms with Gasteiger partial charge in [-0.05, 0) is 18.2 Å². The lowest BCUT2D eigenvalue weighted by Gasteiger charge is -2.08. The molecule has 0 aliphatic carbocycles. The molecule has 2 aromatic rings. The van der Waals surface area contributed by atoms with Gasteiger partial charge in [-0.1, -0.05) is 29.8 Å². The van der Waals surface area contributed by atoms with Crippen molar-refractivity contribution in [2.75, 3.05) is 5.73 Å². The molecule has 0 amide bonds. The number of benzene rings is 1. The van der Waals surface area contributed by atoms with Crippen molar-refractivity contribution in [2.45, 2.75) is 4.90 Å². The summed E-state index contributed by atoms with van der Waals surface area (Å²) in [6, 6.07) is 9.29. The van der Waals surface area contributed by atoms with Gasteiger partial charge < -0.3 is 9.92 Å². The van der Waals surface area contributed by atoms with Crippen molar-refractivity contribution in [3.63, 3.8) is 0 Å². The number of nitrogens with two attached hydrogens (primary N) is 1. The molecule has 1 aromatic heterocycles. The van der Waals surface area contributed by atoms with Crippen molar-refractivity contribution in [3.8, 4) is 5.75 Å². The maximum absolute atomic E-state index is 12.0. The topological polar surface area (TPSA) is 82.3 Å². The maximum Gasteiger partial charge on any atom is 0.342 e. The highest BCUT2D eigenvalue weighted by atomic mass is 35.5. The van der Waals surface area contributed by atoms with Crippen LogP contribution in [0.15, 0.2) is 47.5 Å². The van der Waals surface area contributed by atoms with E-state index in [1.54, 1.807) is 18.2 Å². The van der Waals surface area contributed by atoms with Gasteiger partial charge >= 0.3 is 10.1 Å². The first-order valence-corrected chi connectivity index (χ1v) is 6.68. The third kappa shape index (κ3) is 2.72. The van der Waals surface area contributed by atoms with Crippen molar-refractivity contribution < 1.29 is 12.6 Å². The first-order valence-electron chi connectivity index (χ1n) is 4.89. The molecule has 1 heterocycles. The number of anilines is 1. The van der Waals surface area contributed by atoms with Gasteiger partial charge in [0.05, 0.1) is 5.02 Å². The number of hydrogen-bond donors (Lipinski definition) is 1. The van der Waals surface area contributed by atoms with Crippen molar-refractivity contribution in [1.29, 1.82) is 0 Å². The molecule has 18 heavy (non-hydrogen) atoms. The fourth-order valence-electron chi connectivity index (χ4n) is 1.28. The summed E-state index contributed by atoms with van der Waals surface area (Å²) in [5, 5.41) is 0.166. The highest BCUT2D eigenvalue weighted by molar-refractivity contribution is 7.87. The zero-order valence-electron chi connectivity index (χ0n) is 9.08. The van der Waals surface area contributed by atoms with Crippen LogP contribution in [-0.2, 0) is 10.1 Å². The Hall–Kier alpha value is -1.79. The summed E-state index contributed by atoms with van der Waals surface area (Å²) in [4.78, 5) is 3.42. The number of halogens is 1. The van der Waals surface area contributed by atoms with Gasteiger partial charge in [0.25, 0.3) is 0 Å². The number of rotatable bonds is 3. The molecular weight excluding hydrogens is 276 g/mol. The van der Waals surface area contributed by atoms with E-state index in [9.17, 15) is 8.42 Å². The smallest absolute Gasteiger partial charge is 0.342 e. The molecule has 0 atom stereocenters. The Kier molecular flexibility index (Phi) is 3.40. The Morgan fingerprint density at radius 3 is 2.56 bits per heavy atom. The zero-order valence-corrected chi connectivity index (χ0v) is 10.6. The minimum atomic E-state index is -4.04. The largest absolute Gasteiger partial charge is 0.383 e. The summed E-state index contributed by atoms with van der Waals surface area (Å²) in [5.41, 5.74) is 5.50. The van der Waals surface area contributed by atoms with Crippen LogP contribution < -0.4 is 9.92 Å². The van der Waals surface area contributed by atoms with Crippen LogP contribution in [0.3, 0.4) is 0 Å². The van der Waals surface area contributed by atoms with Gasteiger partial charge in [0.2, 0.25) is 0 Å². The van der Waals surface area contributed by atoms with Crippen molar-refractivity contribution in [2.24, 2.45) is 0 Å². The average molecular weight is 285 g/mol. The molecule has 1 aromatic carbocycles. The lowest BCUT2D eigenvalue weighted by atomic mass is 10.3. The van der Waals surface area contributed by atoms with Crippen LogP contribution in [-0.4, -0.2) is 13.4 Å². The van der Waals surface area contributed by atoms with Crippen LogP contribution in [0.25, 0.3) is 0 Å². The maximum atomic E-state index is 12.0. The molecule has 7 heteroatoms. The highest BCUT2D eigenvalue weighted by Gasteiger charge is 2.21. The molecule has 94 valence electrons. The number of pyridine rings is 1. The second-order valence-electron chi connectivity index (χ2n) is 3.39. The molecule has 0 fully saturated rings. The summed E-state index contributed by atoms with van der Waals surface area (Å²) in [6.07, 6.45) is 1.26. The van der Waals surface area contributed by atoms with Crippen LogP contribution in [0.2, 0.25) is 5.02 Å². The molecular formula is C11H9ClN2O3S. The number of aromatic nitrogens is 1. The molecule has 0 saturated heterocycles. The lowest BCUT2D eigenvalue weighted by molar-refractivity contribution is 0.486. The Morgan fingerprint density at radius 1 is 1.22 bits per heavy atom. The molecule has 0 aliphatic heterocycles. The standard InChI is InChI=1S/C11H9ClN2O3S/c12-8-6-10(11(13)14-7-8)18(15,16)17-9-4-2-1-3-5-9/h1-7H,(H2,13,14). The quantitative estimate of drug-likeness (QED) is 0.873.